The van der Waals surface area contributed by atoms with E-state index >= 15 is 0 Å². The van der Waals surface area contributed by atoms with E-state index in [1.807, 2.05) is 25.1 Å². The summed E-state index contributed by atoms with van der Waals surface area (Å²) >= 11 is 5.44. The summed E-state index contributed by atoms with van der Waals surface area (Å²) in [7, 11) is 0. The molecule has 1 aliphatic rings. The van der Waals surface area contributed by atoms with Crippen LogP contribution in [0.3, 0.4) is 0 Å². The molecule has 8 heteroatoms. The van der Waals surface area contributed by atoms with E-state index in [4.69, 9.17) is 22.7 Å². The highest BCUT2D eigenvalue weighted by Crippen LogP contribution is 2.18. The highest BCUT2D eigenvalue weighted by atomic mass is 32.1. The van der Waals surface area contributed by atoms with Gasteiger partial charge in [-0.3, -0.25) is 10.4 Å². The summed E-state index contributed by atoms with van der Waals surface area (Å²) in [5.41, 5.74) is 11.8. The van der Waals surface area contributed by atoms with E-state index in [2.05, 4.69) is 37.4 Å². The third-order valence-corrected chi connectivity index (χ3v) is 4.92. The van der Waals surface area contributed by atoms with Crippen LogP contribution in [0.1, 0.15) is 12.0 Å². The number of hydrogen-bond acceptors (Lipinski definition) is 6. The number of hydrazone groups is 1. The van der Waals surface area contributed by atoms with Gasteiger partial charge in [0.25, 0.3) is 0 Å². The molecule has 148 valence electrons. The average molecular weight is 399 g/mol. The monoisotopic (exact) mass is 398 g/mol. The second-order valence-electron chi connectivity index (χ2n) is 6.57. The molecular weight excluding hydrogens is 372 g/mol. The maximum Gasteiger partial charge on any atom is 0.189 e. The smallest absolute Gasteiger partial charge is 0.189 e. The van der Waals surface area contributed by atoms with Gasteiger partial charge < -0.3 is 20.3 Å². The van der Waals surface area contributed by atoms with Gasteiger partial charge in [0.15, 0.2) is 5.11 Å². The van der Waals surface area contributed by atoms with Crippen molar-refractivity contribution in [1.29, 1.82) is 0 Å². The maximum absolute atomic E-state index is 5.75. The van der Waals surface area contributed by atoms with Crippen LogP contribution in [0.15, 0.2) is 47.8 Å². The molecule has 3 rings (SSSR count). The second kappa shape index (κ2) is 9.89. The maximum atomic E-state index is 5.75. The minimum Gasteiger partial charge on any atom is -0.491 e. The zero-order chi connectivity index (χ0) is 19.8. The number of pyridine rings is 1. The predicted molar refractivity (Wildman–Crippen MR) is 118 cm³/mol. The number of piperazine rings is 1. The molecule has 0 atom stereocenters. The Morgan fingerprint density at radius 2 is 2.00 bits per heavy atom. The molecular formula is C20H26N6OS. The summed E-state index contributed by atoms with van der Waals surface area (Å²) in [6.45, 7) is 6.08. The molecule has 1 fully saturated rings. The predicted octanol–water partition coefficient (Wildman–Crippen LogP) is 2.42. The summed E-state index contributed by atoms with van der Waals surface area (Å²) < 4.78 is 5.68. The Kier molecular flexibility index (Phi) is 7.02. The van der Waals surface area contributed by atoms with Gasteiger partial charge in [0.2, 0.25) is 0 Å². The number of ether oxygens (including phenoxy) is 1. The van der Waals surface area contributed by atoms with Crippen LogP contribution in [-0.4, -0.2) is 54.0 Å². The first-order valence-electron chi connectivity index (χ1n) is 9.34. The van der Waals surface area contributed by atoms with Crippen molar-refractivity contribution in [3.05, 3.63) is 48.3 Å². The minimum absolute atomic E-state index is 0.546. The van der Waals surface area contributed by atoms with Crippen LogP contribution in [0.2, 0.25) is 0 Å². The number of nitrogen functional groups attached to an aromatic ring is 1. The van der Waals surface area contributed by atoms with E-state index in [1.165, 1.54) is 5.69 Å². The number of aryl methyl sites for hydroxylation is 1. The molecule has 1 aromatic heterocycles. The van der Waals surface area contributed by atoms with Gasteiger partial charge in [0, 0.05) is 56.4 Å². The zero-order valence-electron chi connectivity index (χ0n) is 16.0. The molecule has 2 heterocycles. The normalized spacial score (nSPS) is 14.3. The van der Waals surface area contributed by atoms with Crippen LogP contribution in [0.4, 0.5) is 11.4 Å². The largest absolute Gasteiger partial charge is 0.491 e. The summed E-state index contributed by atoms with van der Waals surface area (Å²) in [6.07, 6.45) is 5.95. The van der Waals surface area contributed by atoms with E-state index in [0.717, 1.165) is 43.2 Å². The zero-order valence-corrected chi connectivity index (χ0v) is 16.9. The molecule has 3 N–H and O–H groups in total. The molecule has 0 bridgehead atoms. The van der Waals surface area contributed by atoms with Gasteiger partial charge in [0.05, 0.1) is 12.8 Å². The van der Waals surface area contributed by atoms with Crippen molar-refractivity contribution in [1.82, 2.24) is 15.3 Å². The van der Waals surface area contributed by atoms with Crippen LogP contribution >= 0.6 is 12.2 Å². The Hall–Kier alpha value is -2.87. The van der Waals surface area contributed by atoms with E-state index < -0.39 is 0 Å². The number of nitrogens with two attached hydrogens (primary N) is 1. The van der Waals surface area contributed by atoms with E-state index in [-0.39, 0.29) is 0 Å². The lowest BCUT2D eigenvalue weighted by Crippen LogP contribution is -2.51. The average Bonchev–Trinajstić information content (AvgIpc) is 2.72. The molecule has 2 aromatic rings. The molecule has 0 unspecified atom stereocenters. The molecule has 0 radical (unpaired) electrons. The van der Waals surface area contributed by atoms with Crippen LogP contribution in [0, 0.1) is 6.92 Å². The molecule has 0 spiro atoms. The van der Waals surface area contributed by atoms with Gasteiger partial charge in [0.1, 0.15) is 5.75 Å². The van der Waals surface area contributed by atoms with Crippen LogP contribution in [0.25, 0.3) is 0 Å². The number of aromatic nitrogens is 1. The minimum atomic E-state index is 0.546. The topological polar surface area (TPSA) is 79.0 Å². The van der Waals surface area contributed by atoms with Gasteiger partial charge in [-0.2, -0.15) is 5.10 Å². The van der Waals surface area contributed by atoms with E-state index in [1.54, 1.807) is 18.6 Å². The Morgan fingerprint density at radius 3 is 2.71 bits per heavy atom. The van der Waals surface area contributed by atoms with E-state index in [0.29, 0.717) is 18.1 Å². The van der Waals surface area contributed by atoms with Gasteiger partial charge >= 0.3 is 0 Å². The molecule has 1 aromatic carbocycles. The second-order valence-corrected chi connectivity index (χ2v) is 6.96. The number of nitrogens with one attached hydrogen (secondary N) is 1. The highest BCUT2D eigenvalue weighted by molar-refractivity contribution is 7.80. The van der Waals surface area contributed by atoms with Gasteiger partial charge in [-0.1, -0.05) is 0 Å². The van der Waals surface area contributed by atoms with Crippen molar-refractivity contribution in [3.8, 4) is 5.75 Å². The first-order valence-corrected chi connectivity index (χ1v) is 9.74. The first-order chi connectivity index (χ1) is 13.6. The third kappa shape index (κ3) is 5.56. The standard InChI is InChI=1S/C20H26N6OS/c1-16-7-9-22-15-19(16)27-14-2-8-23-24-20(28)26-12-10-25(11-13-26)18-5-3-17(21)4-6-18/h3-9,15H,2,10-14,21H2,1H3,(H,24,28)/b23-8+. The van der Waals surface area contributed by atoms with Crippen molar-refractivity contribution in [2.24, 2.45) is 5.10 Å². The number of rotatable bonds is 6. The third-order valence-electron chi connectivity index (χ3n) is 4.57. The van der Waals surface area contributed by atoms with Crippen LogP contribution in [0.5, 0.6) is 5.75 Å². The fourth-order valence-corrected chi connectivity index (χ4v) is 3.15. The molecule has 1 saturated heterocycles. The Labute approximate surface area is 171 Å². The summed E-state index contributed by atoms with van der Waals surface area (Å²) in [4.78, 5) is 8.53. The number of nitrogens with zero attached hydrogens (tertiary/aromatic N) is 4. The van der Waals surface area contributed by atoms with Crippen LogP contribution in [-0.2, 0) is 0 Å². The molecule has 0 amide bonds. The molecule has 0 aliphatic carbocycles. The van der Waals surface area contributed by atoms with Crippen LogP contribution < -0.4 is 20.8 Å². The van der Waals surface area contributed by atoms with Gasteiger partial charge in [-0.15, -0.1) is 0 Å². The highest BCUT2D eigenvalue weighted by Gasteiger charge is 2.18. The summed E-state index contributed by atoms with van der Waals surface area (Å²) in [5.74, 6) is 0.804. The number of anilines is 2. The molecule has 1 aliphatic heterocycles. The molecule has 28 heavy (non-hydrogen) atoms. The van der Waals surface area contributed by atoms with Crippen molar-refractivity contribution in [3.63, 3.8) is 0 Å². The lowest BCUT2D eigenvalue weighted by Gasteiger charge is -2.37. The number of benzene rings is 1. The molecule has 0 saturated carbocycles. The number of hydrogen-bond donors (Lipinski definition) is 2. The van der Waals surface area contributed by atoms with Gasteiger partial charge in [-0.25, -0.2) is 0 Å². The SMILES string of the molecule is Cc1ccncc1OCC/C=N/NC(=S)N1CCN(c2ccc(N)cc2)CC1. The summed E-state index contributed by atoms with van der Waals surface area (Å²) in [5, 5.41) is 4.86. The van der Waals surface area contributed by atoms with Gasteiger partial charge in [-0.05, 0) is 55.0 Å². The van der Waals surface area contributed by atoms with E-state index in [9.17, 15) is 0 Å². The Bertz CT molecular complexity index is 803. The summed E-state index contributed by atoms with van der Waals surface area (Å²) in [6, 6.07) is 9.90. The van der Waals surface area contributed by atoms with Crippen molar-refractivity contribution in [2.75, 3.05) is 43.4 Å². The number of thiocarbonyl (C=S) groups is 1. The van der Waals surface area contributed by atoms with Crippen molar-refractivity contribution < 1.29 is 4.74 Å². The molecule has 7 nitrogen and oxygen atoms in total. The Morgan fingerprint density at radius 1 is 1.25 bits per heavy atom. The quantitative estimate of drug-likeness (QED) is 0.254. The first kappa shape index (κ1) is 19.9. The lowest BCUT2D eigenvalue weighted by atomic mass is 10.2. The fraction of sp³-hybridized carbons (Fsp3) is 0.350. The van der Waals surface area contributed by atoms with Crippen molar-refractivity contribution in [2.45, 2.75) is 13.3 Å². The fourth-order valence-electron chi connectivity index (χ4n) is 2.91. The van der Waals surface area contributed by atoms with Crippen molar-refractivity contribution >= 4 is 34.9 Å². The Balaban J connectivity index is 1.34. The lowest BCUT2D eigenvalue weighted by molar-refractivity contribution is 0.326.